The summed E-state index contributed by atoms with van der Waals surface area (Å²) in [6, 6.07) is 5.44. The number of carbonyl (C=O) groups excluding carboxylic acids is 1. The highest BCUT2D eigenvalue weighted by Crippen LogP contribution is 2.28. The van der Waals surface area contributed by atoms with Gasteiger partial charge in [-0.05, 0) is 30.0 Å². The summed E-state index contributed by atoms with van der Waals surface area (Å²) in [4.78, 5) is 30.3. The third-order valence-corrected chi connectivity index (χ3v) is 4.41. The van der Waals surface area contributed by atoms with Gasteiger partial charge in [0.2, 0.25) is 11.8 Å². The Morgan fingerprint density at radius 1 is 1.28 bits per heavy atom. The highest BCUT2D eigenvalue weighted by atomic mass is 16.5. The second-order valence-corrected chi connectivity index (χ2v) is 6.02. The minimum atomic E-state index is -0.191. The molecule has 3 heterocycles. The smallest absolute Gasteiger partial charge is 0.255 e. The molecule has 1 saturated heterocycles. The van der Waals surface area contributed by atoms with Crippen molar-refractivity contribution in [3.05, 3.63) is 46.5 Å². The van der Waals surface area contributed by atoms with Gasteiger partial charge < -0.3 is 15.0 Å². The molecule has 0 aliphatic carbocycles. The van der Waals surface area contributed by atoms with Crippen LogP contribution in [0.5, 0.6) is 5.88 Å². The Balaban J connectivity index is 1.79. The molecule has 0 bridgehead atoms. The van der Waals surface area contributed by atoms with Crippen molar-refractivity contribution < 1.29 is 9.53 Å². The third kappa shape index (κ3) is 2.70. The molecule has 2 aromatic heterocycles. The van der Waals surface area contributed by atoms with E-state index in [1.165, 1.54) is 6.20 Å². The van der Waals surface area contributed by atoms with Gasteiger partial charge in [-0.1, -0.05) is 5.92 Å². The van der Waals surface area contributed by atoms with Crippen molar-refractivity contribution in [2.24, 2.45) is 0 Å². The first kappa shape index (κ1) is 15.2. The number of hydrogen-bond acceptors (Lipinski definition) is 4. The molecule has 3 aromatic rings. The van der Waals surface area contributed by atoms with Crippen molar-refractivity contribution >= 4 is 27.5 Å². The maximum absolute atomic E-state index is 12.1. The standard InChI is InChI=1S/C19H15N3O3/c1-2-11-9-21-18(24)16-7-12-5-6-20-19(15(12)8-14(11)16)25-10-13-3-4-17(23)22-13/h1,5-9,13H,3-4,10H2,(H,21,24)(H,22,23). The van der Waals surface area contributed by atoms with Crippen LogP contribution in [0.25, 0.3) is 21.5 Å². The fraction of sp³-hybridized carbons (Fsp3) is 0.211. The number of hydrogen-bond donors (Lipinski definition) is 2. The van der Waals surface area contributed by atoms with E-state index >= 15 is 0 Å². The number of carbonyl (C=O) groups is 1. The molecule has 6 heteroatoms. The molecule has 1 aromatic carbocycles. The normalized spacial score (nSPS) is 16.8. The number of ether oxygens (including phenoxy) is 1. The molecule has 25 heavy (non-hydrogen) atoms. The van der Waals surface area contributed by atoms with Gasteiger partial charge in [0, 0.05) is 40.5 Å². The van der Waals surface area contributed by atoms with Gasteiger partial charge in [-0.25, -0.2) is 4.98 Å². The molecule has 1 aliphatic heterocycles. The van der Waals surface area contributed by atoms with Crippen molar-refractivity contribution in [1.29, 1.82) is 0 Å². The fourth-order valence-corrected chi connectivity index (χ4v) is 3.11. The van der Waals surface area contributed by atoms with E-state index in [2.05, 4.69) is 21.2 Å². The van der Waals surface area contributed by atoms with Gasteiger partial charge >= 0.3 is 0 Å². The Kier molecular flexibility index (Phi) is 3.62. The lowest BCUT2D eigenvalue weighted by molar-refractivity contribution is -0.119. The number of amides is 1. The number of H-pyrrole nitrogens is 1. The van der Waals surface area contributed by atoms with E-state index in [4.69, 9.17) is 11.2 Å². The largest absolute Gasteiger partial charge is 0.475 e. The second-order valence-electron chi connectivity index (χ2n) is 6.02. The quantitative estimate of drug-likeness (QED) is 0.565. The molecule has 1 aliphatic rings. The summed E-state index contributed by atoms with van der Waals surface area (Å²) >= 11 is 0. The zero-order valence-corrected chi connectivity index (χ0v) is 13.3. The molecular weight excluding hydrogens is 318 g/mol. The molecule has 124 valence electrons. The van der Waals surface area contributed by atoms with Crippen molar-refractivity contribution in [1.82, 2.24) is 15.3 Å². The molecule has 1 atom stereocenters. The van der Waals surface area contributed by atoms with E-state index in [1.54, 1.807) is 12.3 Å². The van der Waals surface area contributed by atoms with Gasteiger partial charge in [-0.15, -0.1) is 6.42 Å². The Hall–Kier alpha value is -3.33. The van der Waals surface area contributed by atoms with E-state index in [1.807, 2.05) is 12.1 Å². The summed E-state index contributed by atoms with van der Waals surface area (Å²) in [6.07, 6.45) is 9.98. The van der Waals surface area contributed by atoms with Crippen LogP contribution in [0, 0.1) is 12.3 Å². The summed E-state index contributed by atoms with van der Waals surface area (Å²) in [5.41, 5.74) is 0.415. The minimum Gasteiger partial charge on any atom is -0.475 e. The minimum absolute atomic E-state index is 0.00544. The fourth-order valence-electron chi connectivity index (χ4n) is 3.11. The van der Waals surface area contributed by atoms with Gasteiger partial charge in [-0.3, -0.25) is 9.59 Å². The number of aromatic amines is 1. The van der Waals surface area contributed by atoms with Crippen LogP contribution < -0.4 is 15.6 Å². The molecule has 1 amide bonds. The molecule has 4 rings (SSSR count). The number of terminal acetylenes is 1. The molecular formula is C19H15N3O3. The summed E-state index contributed by atoms with van der Waals surface area (Å²) < 4.78 is 5.84. The van der Waals surface area contributed by atoms with Gasteiger partial charge in [0.1, 0.15) is 6.61 Å². The Morgan fingerprint density at radius 2 is 2.16 bits per heavy atom. The second kappa shape index (κ2) is 5.95. The van der Waals surface area contributed by atoms with Crippen LogP contribution in [0.1, 0.15) is 18.4 Å². The molecule has 2 N–H and O–H groups in total. The lowest BCUT2D eigenvalue weighted by Crippen LogP contribution is -2.31. The maximum Gasteiger partial charge on any atom is 0.255 e. The summed E-state index contributed by atoms with van der Waals surface area (Å²) in [7, 11) is 0. The SMILES string of the molecule is C#Cc1c[nH]c(=O)c2cc3ccnc(OCC4CCC(=O)N4)c3cc12. The summed E-state index contributed by atoms with van der Waals surface area (Å²) in [5.74, 6) is 3.09. The zero-order valence-electron chi connectivity index (χ0n) is 13.3. The van der Waals surface area contributed by atoms with E-state index < -0.39 is 0 Å². The predicted octanol–water partition coefficient (Wildman–Crippen LogP) is 1.71. The van der Waals surface area contributed by atoms with Crippen LogP contribution in [0.3, 0.4) is 0 Å². The van der Waals surface area contributed by atoms with E-state index in [-0.39, 0.29) is 17.5 Å². The number of aromatic nitrogens is 2. The highest BCUT2D eigenvalue weighted by Gasteiger charge is 2.21. The van der Waals surface area contributed by atoms with Gasteiger partial charge in [0.25, 0.3) is 5.56 Å². The zero-order chi connectivity index (χ0) is 17.4. The van der Waals surface area contributed by atoms with Crippen molar-refractivity contribution in [2.75, 3.05) is 6.61 Å². The number of fused-ring (bicyclic) bond motifs is 2. The van der Waals surface area contributed by atoms with E-state index in [0.717, 1.165) is 17.2 Å². The third-order valence-electron chi connectivity index (χ3n) is 4.41. The Morgan fingerprint density at radius 3 is 2.92 bits per heavy atom. The van der Waals surface area contributed by atoms with Crippen LogP contribution >= 0.6 is 0 Å². The number of nitrogens with one attached hydrogen (secondary N) is 2. The number of pyridine rings is 2. The first-order chi connectivity index (χ1) is 12.2. The van der Waals surface area contributed by atoms with Crippen LogP contribution in [-0.2, 0) is 4.79 Å². The Labute approximate surface area is 143 Å². The van der Waals surface area contributed by atoms with Crippen LogP contribution in [0.15, 0.2) is 35.4 Å². The average Bonchev–Trinajstić information content (AvgIpc) is 3.04. The molecule has 6 nitrogen and oxygen atoms in total. The summed E-state index contributed by atoms with van der Waals surface area (Å²) in [5, 5.41) is 5.70. The van der Waals surface area contributed by atoms with Crippen molar-refractivity contribution in [3.63, 3.8) is 0 Å². The topological polar surface area (TPSA) is 84.1 Å². The first-order valence-electron chi connectivity index (χ1n) is 7.98. The summed E-state index contributed by atoms with van der Waals surface area (Å²) in [6.45, 7) is 0.354. The lowest BCUT2D eigenvalue weighted by atomic mass is 10.0. The maximum atomic E-state index is 12.1. The van der Waals surface area contributed by atoms with Gasteiger partial charge in [-0.2, -0.15) is 0 Å². The highest BCUT2D eigenvalue weighted by molar-refractivity contribution is 6.01. The Bertz CT molecular complexity index is 1090. The molecule has 0 spiro atoms. The number of nitrogens with zero attached hydrogens (tertiary/aromatic N) is 1. The van der Waals surface area contributed by atoms with Crippen LogP contribution in [0.4, 0.5) is 0 Å². The van der Waals surface area contributed by atoms with E-state index in [9.17, 15) is 9.59 Å². The van der Waals surface area contributed by atoms with Crippen LogP contribution in [0.2, 0.25) is 0 Å². The lowest BCUT2D eigenvalue weighted by Gasteiger charge is -2.13. The van der Waals surface area contributed by atoms with Crippen molar-refractivity contribution in [2.45, 2.75) is 18.9 Å². The molecule has 1 fully saturated rings. The first-order valence-corrected chi connectivity index (χ1v) is 7.98. The van der Waals surface area contributed by atoms with Crippen molar-refractivity contribution in [3.8, 4) is 18.2 Å². The van der Waals surface area contributed by atoms with E-state index in [0.29, 0.717) is 35.2 Å². The molecule has 0 saturated carbocycles. The predicted molar refractivity (Wildman–Crippen MR) is 94.5 cm³/mol. The van der Waals surface area contributed by atoms with Crippen LogP contribution in [-0.4, -0.2) is 28.5 Å². The van der Waals surface area contributed by atoms with Gasteiger partial charge in [0.05, 0.1) is 6.04 Å². The average molecular weight is 333 g/mol. The molecule has 0 radical (unpaired) electrons. The van der Waals surface area contributed by atoms with Gasteiger partial charge in [0.15, 0.2) is 0 Å². The monoisotopic (exact) mass is 333 g/mol. The number of benzene rings is 1. The molecule has 1 unspecified atom stereocenters. The number of rotatable bonds is 3.